The summed E-state index contributed by atoms with van der Waals surface area (Å²) in [5.74, 6) is -0.424. The SMILES string of the molecule is COC(=O)c1cc(N)ccc1S. The van der Waals surface area contributed by atoms with E-state index in [-0.39, 0.29) is 0 Å². The topological polar surface area (TPSA) is 52.3 Å². The number of thiol groups is 1. The molecule has 0 aliphatic heterocycles. The quantitative estimate of drug-likeness (QED) is 0.392. The molecule has 0 heterocycles. The number of nitrogens with two attached hydrogens (primary N) is 1. The number of anilines is 1. The molecule has 0 aliphatic rings. The smallest absolute Gasteiger partial charge is 0.339 e. The van der Waals surface area contributed by atoms with Crippen molar-refractivity contribution in [2.24, 2.45) is 0 Å². The molecule has 1 aromatic rings. The van der Waals surface area contributed by atoms with Crippen molar-refractivity contribution in [1.82, 2.24) is 0 Å². The molecule has 0 bridgehead atoms. The Morgan fingerprint density at radius 3 is 2.83 bits per heavy atom. The lowest BCUT2D eigenvalue weighted by Crippen LogP contribution is -2.03. The van der Waals surface area contributed by atoms with Crippen molar-refractivity contribution < 1.29 is 9.53 Å². The van der Waals surface area contributed by atoms with Crippen molar-refractivity contribution in [3.63, 3.8) is 0 Å². The number of hydrogen-bond donors (Lipinski definition) is 2. The van der Waals surface area contributed by atoms with E-state index in [1.165, 1.54) is 13.2 Å². The average molecular weight is 183 g/mol. The first-order valence-electron chi connectivity index (χ1n) is 3.32. The number of carbonyl (C=O) groups is 1. The predicted molar refractivity (Wildman–Crippen MR) is 49.4 cm³/mol. The van der Waals surface area contributed by atoms with Gasteiger partial charge in [0, 0.05) is 10.6 Å². The second-order valence-electron chi connectivity index (χ2n) is 2.27. The molecule has 12 heavy (non-hydrogen) atoms. The van der Waals surface area contributed by atoms with Gasteiger partial charge in [0.2, 0.25) is 0 Å². The van der Waals surface area contributed by atoms with E-state index < -0.39 is 5.97 Å². The third-order valence-corrected chi connectivity index (χ3v) is 1.82. The van der Waals surface area contributed by atoms with Crippen molar-refractivity contribution in [3.05, 3.63) is 23.8 Å². The van der Waals surface area contributed by atoms with Gasteiger partial charge < -0.3 is 10.5 Å². The van der Waals surface area contributed by atoms with Gasteiger partial charge in [0.05, 0.1) is 12.7 Å². The highest BCUT2D eigenvalue weighted by molar-refractivity contribution is 7.80. The zero-order valence-electron chi connectivity index (χ0n) is 6.57. The first-order chi connectivity index (χ1) is 5.65. The van der Waals surface area contributed by atoms with Crippen LogP contribution in [0.5, 0.6) is 0 Å². The maximum Gasteiger partial charge on any atom is 0.339 e. The molecule has 0 atom stereocenters. The molecule has 64 valence electrons. The van der Waals surface area contributed by atoms with Crippen molar-refractivity contribution >= 4 is 24.3 Å². The van der Waals surface area contributed by atoms with Crippen LogP contribution in [-0.2, 0) is 4.74 Å². The minimum Gasteiger partial charge on any atom is -0.465 e. The summed E-state index contributed by atoms with van der Waals surface area (Å²) in [7, 11) is 1.32. The maximum atomic E-state index is 11.1. The van der Waals surface area contributed by atoms with Gasteiger partial charge in [0.25, 0.3) is 0 Å². The lowest BCUT2D eigenvalue weighted by molar-refractivity contribution is 0.0597. The molecular formula is C8H9NO2S. The molecule has 0 radical (unpaired) electrons. The molecule has 0 aliphatic carbocycles. The zero-order chi connectivity index (χ0) is 9.14. The molecule has 1 aromatic carbocycles. The van der Waals surface area contributed by atoms with Crippen LogP contribution in [0.15, 0.2) is 23.1 Å². The molecule has 2 N–H and O–H groups in total. The molecule has 0 fully saturated rings. The number of methoxy groups -OCH3 is 1. The van der Waals surface area contributed by atoms with E-state index in [0.717, 1.165) is 0 Å². The zero-order valence-corrected chi connectivity index (χ0v) is 7.47. The fraction of sp³-hybridized carbons (Fsp3) is 0.125. The summed E-state index contributed by atoms with van der Waals surface area (Å²) in [6.07, 6.45) is 0. The van der Waals surface area contributed by atoms with E-state index in [4.69, 9.17) is 5.73 Å². The molecular weight excluding hydrogens is 174 g/mol. The van der Waals surface area contributed by atoms with Crippen LogP contribution in [0.1, 0.15) is 10.4 Å². The Balaban J connectivity index is 3.13. The lowest BCUT2D eigenvalue weighted by Gasteiger charge is -2.02. The van der Waals surface area contributed by atoms with E-state index in [9.17, 15) is 4.79 Å². The highest BCUT2D eigenvalue weighted by Gasteiger charge is 2.08. The molecule has 4 heteroatoms. The minimum atomic E-state index is -0.424. The van der Waals surface area contributed by atoms with E-state index in [1.807, 2.05) is 0 Å². The van der Waals surface area contributed by atoms with Crippen molar-refractivity contribution in [3.8, 4) is 0 Å². The Hall–Kier alpha value is -1.16. The Labute approximate surface area is 75.9 Å². The van der Waals surface area contributed by atoms with Gasteiger partial charge in [-0.05, 0) is 18.2 Å². The van der Waals surface area contributed by atoms with Gasteiger partial charge >= 0.3 is 5.97 Å². The number of esters is 1. The van der Waals surface area contributed by atoms with Gasteiger partial charge in [-0.2, -0.15) is 0 Å². The van der Waals surface area contributed by atoms with Gasteiger partial charge in [-0.25, -0.2) is 4.79 Å². The summed E-state index contributed by atoms with van der Waals surface area (Å²) in [4.78, 5) is 11.6. The average Bonchev–Trinajstić information content (AvgIpc) is 2.08. The predicted octanol–water partition coefficient (Wildman–Crippen LogP) is 1.34. The summed E-state index contributed by atoms with van der Waals surface area (Å²) >= 11 is 4.08. The number of ether oxygens (including phenoxy) is 1. The summed E-state index contributed by atoms with van der Waals surface area (Å²) in [5, 5.41) is 0. The molecule has 1 rings (SSSR count). The maximum absolute atomic E-state index is 11.1. The van der Waals surface area contributed by atoms with Crippen LogP contribution in [0.3, 0.4) is 0 Å². The standard InChI is InChI=1S/C8H9NO2S/c1-11-8(10)6-4-5(9)2-3-7(6)12/h2-4,12H,9H2,1H3. The molecule has 0 aromatic heterocycles. The molecule has 0 saturated heterocycles. The van der Waals surface area contributed by atoms with Crippen molar-refractivity contribution in [2.75, 3.05) is 12.8 Å². The number of benzene rings is 1. The largest absolute Gasteiger partial charge is 0.465 e. The molecule has 0 unspecified atom stereocenters. The van der Waals surface area contributed by atoms with E-state index in [1.54, 1.807) is 12.1 Å². The first kappa shape index (κ1) is 8.93. The highest BCUT2D eigenvalue weighted by Crippen LogP contribution is 2.17. The van der Waals surface area contributed by atoms with Crippen LogP contribution in [0.4, 0.5) is 5.69 Å². The Kier molecular flexibility index (Phi) is 2.60. The van der Waals surface area contributed by atoms with E-state index in [2.05, 4.69) is 17.4 Å². The van der Waals surface area contributed by atoms with E-state index >= 15 is 0 Å². The van der Waals surface area contributed by atoms with Gasteiger partial charge in [-0.15, -0.1) is 12.6 Å². The first-order valence-corrected chi connectivity index (χ1v) is 3.76. The fourth-order valence-electron chi connectivity index (χ4n) is 0.827. The Bertz CT molecular complexity index is 312. The van der Waals surface area contributed by atoms with Crippen LogP contribution >= 0.6 is 12.6 Å². The second-order valence-corrected chi connectivity index (χ2v) is 2.75. The van der Waals surface area contributed by atoms with Crippen LogP contribution in [0, 0.1) is 0 Å². The Morgan fingerprint density at radius 1 is 1.58 bits per heavy atom. The summed E-state index contributed by atoms with van der Waals surface area (Å²) in [6.45, 7) is 0. The van der Waals surface area contributed by atoms with Crippen LogP contribution in [0.25, 0.3) is 0 Å². The third kappa shape index (κ3) is 1.71. The fourth-order valence-corrected chi connectivity index (χ4v) is 1.06. The number of carbonyl (C=O) groups excluding carboxylic acids is 1. The minimum absolute atomic E-state index is 0.390. The number of nitrogen functional groups attached to an aromatic ring is 1. The lowest BCUT2D eigenvalue weighted by atomic mass is 10.2. The normalized spacial score (nSPS) is 9.50. The number of hydrogen-bond acceptors (Lipinski definition) is 4. The van der Waals surface area contributed by atoms with Crippen molar-refractivity contribution in [1.29, 1.82) is 0 Å². The molecule has 3 nitrogen and oxygen atoms in total. The number of rotatable bonds is 1. The van der Waals surface area contributed by atoms with Gasteiger partial charge in [-0.3, -0.25) is 0 Å². The van der Waals surface area contributed by atoms with Crippen molar-refractivity contribution in [2.45, 2.75) is 4.90 Å². The third-order valence-electron chi connectivity index (χ3n) is 1.43. The van der Waals surface area contributed by atoms with Gasteiger partial charge in [-0.1, -0.05) is 0 Å². The summed E-state index contributed by atoms with van der Waals surface area (Å²) in [6, 6.07) is 4.87. The Morgan fingerprint density at radius 2 is 2.25 bits per heavy atom. The summed E-state index contributed by atoms with van der Waals surface area (Å²) in [5.41, 5.74) is 6.39. The molecule has 0 saturated carbocycles. The van der Waals surface area contributed by atoms with Crippen LogP contribution in [-0.4, -0.2) is 13.1 Å². The molecule has 0 spiro atoms. The highest BCUT2D eigenvalue weighted by atomic mass is 32.1. The van der Waals surface area contributed by atoms with E-state index in [0.29, 0.717) is 16.1 Å². The van der Waals surface area contributed by atoms with Crippen LogP contribution < -0.4 is 5.73 Å². The monoisotopic (exact) mass is 183 g/mol. The second kappa shape index (κ2) is 3.49. The van der Waals surface area contributed by atoms with Crippen LogP contribution in [0.2, 0.25) is 0 Å². The van der Waals surface area contributed by atoms with Gasteiger partial charge in [0.15, 0.2) is 0 Å². The summed E-state index contributed by atoms with van der Waals surface area (Å²) < 4.78 is 4.53. The van der Waals surface area contributed by atoms with Gasteiger partial charge in [0.1, 0.15) is 0 Å². The molecule has 0 amide bonds.